The summed E-state index contributed by atoms with van der Waals surface area (Å²) in [6.45, 7) is 8.07. The first-order valence-electron chi connectivity index (χ1n) is 7.81. The van der Waals surface area contributed by atoms with Crippen molar-refractivity contribution in [1.82, 2.24) is 15.1 Å². The topological polar surface area (TPSA) is 18.5 Å². The van der Waals surface area contributed by atoms with Gasteiger partial charge in [-0.15, -0.1) is 0 Å². The lowest BCUT2D eigenvalue weighted by atomic mass is 9.98. The van der Waals surface area contributed by atoms with Crippen LogP contribution >= 0.6 is 0 Å². The molecule has 0 aromatic heterocycles. The van der Waals surface area contributed by atoms with Gasteiger partial charge in [0.2, 0.25) is 0 Å². The number of likely N-dealkylation sites (N-methyl/N-ethyl adjacent to an activating group) is 2. The third-order valence-electron chi connectivity index (χ3n) is 4.48. The fraction of sp³-hybridized carbons (Fsp3) is 0.647. The molecule has 1 fully saturated rings. The molecule has 0 radical (unpaired) electrons. The third kappa shape index (κ3) is 4.58. The Labute approximate surface area is 124 Å². The lowest BCUT2D eigenvalue weighted by Gasteiger charge is -2.37. The van der Waals surface area contributed by atoms with Crippen LogP contribution in [-0.2, 0) is 0 Å². The Morgan fingerprint density at radius 1 is 1.20 bits per heavy atom. The van der Waals surface area contributed by atoms with E-state index >= 15 is 0 Å². The van der Waals surface area contributed by atoms with E-state index in [4.69, 9.17) is 0 Å². The van der Waals surface area contributed by atoms with Crippen LogP contribution in [0.2, 0.25) is 0 Å². The molecule has 0 aliphatic carbocycles. The maximum Gasteiger partial charge on any atom is 0.0345 e. The Kier molecular flexibility index (Phi) is 6.02. The molecular formula is C17H29N3. The quantitative estimate of drug-likeness (QED) is 0.801. The fourth-order valence-electron chi connectivity index (χ4n) is 2.86. The molecule has 0 bridgehead atoms. The second-order valence-electron chi connectivity index (χ2n) is 6.20. The van der Waals surface area contributed by atoms with E-state index < -0.39 is 0 Å². The van der Waals surface area contributed by atoms with Gasteiger partial charge in [0.1, 0.15) is 0 Å². The molecule has 2 atom stereocenters. The first kappa shape index (κ1) is 15.5. The summed E-state index contributed by atoms with van der Waals surface area (Å²) in [5.41, 5.74) is 1.45. The molecule has 1 heterocycles. The molecular weight excluding hydrogens is 246 g/mol. The van der Waals surface area contributed by atoms with E-state index in [1.807, 2.05) is 0 Å². The second-order valence-corrected chi connectivity index (χ2v) is 6.20. The van der Waals surface area contributed by atoms with Crippen molar-refractivity contribution in [2.75, 3.05) is 46.8 Å². The molecule has 0 saturated carbocycles. The largest absolute Gasteiger partial charge is 0.315 e. The van der Waals surface area contributed by atoms with Crippen LogP contribution in [0.1, 0.15) is 24.8 Å². The number of rotatable bonds is 6. The normalized spacial score (nSPS) is 22.9. The van der Waals surface area contributed by atoms with Gasteiger partial charge in [-0.3, -0.25) is 4.90 Å². The molecule has 1 N–H and O–H groups in total. The molecule has 1 aliphatic rings. The number of piperazine rings is 1. The van der Waals surface area contributed by atoms with Gasteiger partial charge >= 0.3 is 0 Å². The molecule has 112 valence electrons. The minimum absolute atomic E-state index is 0.635. The van der Waals surface area contributed by atoms with Gasteiger partial charge < -0.3 is 10.2 Å². The monoisotopic (exact) mass is 275 g/mol. The Balaban J connectivity index is 1.66. The third-order valence-corrected chi connectivity index (χ3v) is 4.48. The van der Waals surface area contributed by atoms with Gasteiger partial charge in [0.05, 0.1) is 0 Å². The van der Waals surface area contributed by atoms with Crippen molar-refractivity contribution < 1.29 is 0 Å². The van der Waals surface area contributed by atoms with Gasteiger partial charge in [-0.2, -0.15) is 0 Å². The molecule has 3 heteroatoms. The predicted molar refractivity (Wildman–Crippen MR) is 86.3 cm³/mol. The zero-order valence-corrected chi connectivity index (χ0v) is 13.2. The van der Waals surface area contributed by atoms with Crippen LogP contribution in [0, 0.1) is 0 Å². The van der Waals surface area contributed by atoms with Crippen LogP contribution in [-0.4, -0.2) is 62.7 Å². The molecule has 2 rings (SSSR count). The van der Waals surface area contributed by atoms with E-state index in [2.05, 4.69) is 66.5 Å². The first-order valence-corrected chi connectivity index (χ1v) is 7.81. The van der Waals surface area contributed by atoms with Crippen molar-refractivity contribution in [2.24, 2.45) is 0 Å². The first-order chi connectivity index (χ1) is 9.66. The summed E-state index contributed by atoms with van der Waals surface area (Å²) in [4.78, 5) is 4.91. The van der Waals surface area contributed by atoms with Gasteiger partial charge in [-0.1, -0.05) is 37.3 Å². The van der Waals surface area contributed by atoms with Crippen molar-refractivity contribution in [1.29, 1.82) is 0 Å². The summed E-state index contributed by atoms with van der Waals surface area (Å²) in [6.07, 6.45) is 1.20. The molecule has 1 aromatic rings. The van der Waals surface area contributed by atoms with Gasteiger partial charge in [0, 0.05) is 32.2 Å². The number of hydrogen-bond donors (Lipinski definition) is 1. The minimum atomic E-state index is 0.635. The average molecular weight is 275 g/mol. The highest BCUT2D eigenvalue weighted by Gasteiger charge is 2.21. The highest BCUT2D eigenvalue weighted by molar-refractivity contribution is 5.18. The molecule has 3 nitrogen and oxygen atoms in total. The van der Waals surface area contributed by atoms with Crippen molar-refractivity contribution in [3.8, 4) is 0 Å². The number of hydrogen-bond acceptors (Lipinski definition) is 3. The van der Waals surface area contributed by atoms with Gasteiger partial charge in [-0.25, -0.2) is 0 Å². The van der Waals surface area contributed by atoms with E-state index in [1.165, 1.54) is 31.6 Å². The molecule has 1 aromatic carbocycles. The molecule has 0 amide bonds. The standard InChI is InChI=1S/C17H29N3/c1-15(16-7-5-4-6-8-16)9-10-18-13-17-14-19(2)11-12-20(17)3/h4-8,15,17-18H,9-14H2,1-3H3. The van der Waals surface area contributed by atoms with E-state index in [1.54, 1.807) is 0 Å². The zero-order chi connectivity index (χ0) is 14.4. The molecule has 0 spiro atoms. The Morgan fingerprint density at radius 2 is 1.95 bits per heavy atom. The van der Waals surface area contributed by atoms with Crippen LogP contribution in [0.25, 0.3) is 0 Å². The van der Waals surface area contributed by atoms with Crippen molar-refractivity contribution in [3.63, 3.8) is 0 Å². The zero-order valence-electron chi connectivity index (χ0n) is 13.2. The van der Waals surface area contributed by atoms with Crippen LogP contribution < -0.4 is 5.32 Å². The Morgan fingerprint density at radius 3 is 2.70 bits per heavy atom. The molecule has 20 heavy (non-hydrogen) atoms. The summed E-state index contributed by atoms with van der Waals surface area (Å²) >= 11 is 0. The van der Waals surface area contributed by atoms with Gasteiger partial charge in [0.25, 0.3) is 0 Å². The average Bonchev–Trinajstić information content (AvgIpc) is 2.47. The fourth-order valence-corrected chi connectivity index (χ4v) is 2.86. The van der Waals surface area contributed by atoms with E-state index in [0.717, 1.165) is 13.1 Å². The molecule has 1 saturated heterocycles. The minimum Gasteiger partial charge on any atom is -0.315 e. The van der Waals surface area contributed by atoms with Gasteiger partial charge in [-0.05, 0) is 38.5 Å². The lowest BCUT2D eigenvalue weighted by Crippen LogP contribution is -2.53. The summed E-state index contributed by atoms with van der Waals surface area (Å²) in [5, 5.41) is 3.64. The molecule has 1 aliphatic heterocycles. The van der Waals surface area contributed by atoms with E-state index in [0.29, 0.717) is 12.0 Å². The van der Waals surface area contributed by atoms with Crippen molar-refractivity contribution in [3.05, 3.63) is 35.9 Å². The Hall–Kier alpha value is -0.900. The smallest absolute Gasteiger partial charge is 0.0345 e. The van der Waals surface area contributed by atoms with E-state index in [9.17, 15) is 0 Å². The summed E-state index contributed by atoms with van der Waals surface area (Å²) in [7, 11) is 4.46. The maximum atomic E-state index is 3.64. The van der Waals surface area contributed by atoms with Crippen molar-refractivity contribution in [2.45, 2.75) is 25.3 Å². The summed E-state index contributed by atoms with van der Waals surface area (Å²) < 4.78 is 0. The van der Waals surface area contributed by atoms with Crippen LogP contribution in [0.4, 0.5) is 0 Å². The number of benzene rings is 1. The number of nitrogens with zero attached hydrogens (tertiary/aromatic N) is 2. The van der Waals surface area contributed by atoms with Crippen LogP contribution in [0.3, 0.4) is 0 Å². The SMILES string of the molecule is CC(CCNCC1CN(C)CCN1C)c1ccccc1. The van der Waals surface area contributed by atoms with Gasteiger partial charge in [0.15, 0.2) is 0 Å². The lowest BCUT2D eigenvalue weighted by molar-refractivity contribution is 0.113. The highest BCUT2D eigenvalue weighted by atomic mass is 15.3. The predicted octanol–water partition coefficient (Wildman–Crippen LogP) is 2.02. The number of nitrogens with one attached hydrogen (secondary N) is 1. The van der Waals surface area contributed by atoms with Crippen LogP contribution in [0.15, 0.2) is 30.3 Å². The second kappa shape index (κ2) is 7.77. The van der Waals surface area contributed by atoms with Crippen molar-refractivity contribution >= 4 is 0 Å². The van der Waals surface area contributed by atoms with Crippen LogP contribution in [0.5, 0.6) is 0 Å². The highest BCUT2D eigenvalue weighted by Crippen LogP contribution is 2.17. The van der Waals surface area contributed by atoms with E-state index in [-0.39, 0.29) is 0 Å². The molecule has 2 unspecified atom stereocenters. The maximum absolute atomic E-state index is 3.64. The Bertz CT molecular complexity index is 379. The summed E-state index contributed by atoms with van der Waals surface area (Å²) in [6, 6.07) is 11.5. The summed E-state index contributed by atoms with van der Waals surface area (Å²) in [5.74, 6) is 0.635.